The SMILES string of the molecule is Cn1ccnc1-c1cc(Oc2ccc3c(c2)n(-c2ccccn2)c2c4ccc(Oc5cc(-c6nccn6C)cc(C(C)(C)C)c5)cc4n(-c4ccccn4)c32)cc(C(C)(C)C)c1. The summed E-state index contributed by atoms with van der Waals surface area (Å²) in [7, 11) is 4.02. The van der Waals surface area contributed by atoms with Crippen molar-refractivity contribution < 1.29 is 9.47 Å². The summed E-state index contributed by atoms with van der Waals surface area (Å²) in [6.07, 6.45) is 11.2. The Labute approximate surface area is 360 Å². The highest BCUT2D eigenvalue weighted by Gasteiger charge is 2.25. The highest BCUT2D eigenvalue weighted by Crippen LogP contribution is 2.44. The smallest absolute Gasteiger partial charge is 0.139 e. The predicted molar refractivity (Wildman–Crippen MR) is 248 cm³/mol. The maximum absolute atomic E-state index is 6.80. The minimum Gasteiger partial charge on any atom is -0.457 e. The quantitative estimate of drug-likeness (QED) is 0.152. The maximum atomic E-state index is 6.80. The van der Waals surface area contributed by atoms with Crippen molar-refractivity contribution >= 4 is 32.8 Å². The summed E-state index contributed by atoms with van der Waals surface area (Å²) >= 11 is 0. The van der Waals surface area contributed by atoms with Crippen LogP contribution in [-0.4, -0.2) is 38.2 Å². The Kier molecular flexibility index (Phi) is 9.13. The second kappa shape index (κ2) is 14.6. The standard InChI is InChI=1S/C52H48N8O2/c1-51(2,3)35-25-33(49-55-21-23-57(49)7)27-39(29-35)61-37-15-17-41-43(31-37)59(45-13-9-11-19-53-45)48-42-18-16-38(32-44(42)60(47(41)48)46-14-10-12-20-54-46)62-40-28-34(50-56-22-24-58(50)8)26-36(30-40)52(4,5)6/h9-32H,1-8H3. The molecule has 0 radical (unpaired) electrons. The van der Waals surface area contributed by atoms with Crippen LogP contribution in [0.5, 0.6) is 23.0 Å². The van der Waals surface area contributed by atoms with E-state index in [4.69, 9.17) is 19.4 Å². The molecule has 0 aliphatic carbocycles. The summed E-state index contributed by atoms with van der Waals surface area (Å²) < 4.78 is 22.1. The van der Waals surface area contributed by atoms with Gasteiger partial charge in [-0.3, -0.25) is 9.13 Å². The van der Waals surface area contributed by atoms with Crippen LogP contribution in [0.1, 0.15) is 52.7 Å². The number of aryl methyl sites for hydroxylation is 2. The highest BCUT2D eigenvalue weighted by molar-refractivity contribution is 6.20. The maximum Gasteiger partial charge on any atom is 0.139 e. The zero-order valence-corrected chi connectivity index (χ0v) is 36.3. The van der Waals surface area contributed by atoms with Crippen molar-refractivity contribution in [2.45, 2.75) is 52.4 Å². The van der Waals surface area contributed by atoms with Gasteiger partial charge in [-0.15, -0.1) is 0 Å². The molecule has 0 saturated heterocycles. The monoisotopic (exact) mass is 816 g/mol. The molecule has 308 valence electrons. The molecule has 0 bridgehead atoms. The highest BCUT2D eigenvalue weighted by atomic mass is 16.5. The molecule has 0 atom stereocenters. The van der Waals surface area contributed by atoms with Crippen LogP contribution in [0.2, 0.25) is 0 Å². The minimum absolute atomic E-state index is 0.107. The normalized spacial score (nSPS) is 12.2. The molecule has 6 heterocycles. The van der Waals surface area contributed by atoms with Crippen molar-refractivity contribution in [1.29, 1.82) is 0 Å². The Hall–Kier alpha value is -7.46. The molecule has 4 aromatic carbocycles. The molecule has 0 fully saturated rings. The first-order valence-corrected chi connectivity index (χ1v) is 20.9. The second-order valence-electron chi connectivity index (χ2n) is 18.0. The molecular weight excluding hydrogens is 769 g/mol. The average molecular weight is 817 g/mol. The molecule has 0 aliphatic heterocycles. The van der Waals surface area contributed by atoms with Gasteiger partial charge in [0.25, 0.3) is 0 Å². The van der Waals surface area contributed by atoms with Crippen molar-refractivity contribution in [1.82, 2.24) is 38.2 Å². The van der Waals surface area contributed by atoms with Crippen LogP contribution in [0.15, 0.2) is 146 Å². The number of ether oxygens (including phenoxy) is 2. The Balaban J connectivity index is 1.16. The number of imidazole rings is 2. The van der Waals surface area contributed by atoms with E-state index in [1.807, 2.05) is 109 Å². The molecule has 0 amide bonds. The van der Waals surface area contributed by atoms with Gasteiger partial charge in [0.2, 0.25) is 0 Å². The van der Waals surface area contributed by atoms with E-state index in [0.717, 1.165) is 89.9 Å². The largest absolute Gasteiger partial charge is 0.457 e. The van der Waals surface area contributed by atoms with Gasteiger partial charge in [-0.2, -0.15) is 0 Å². The van der Waals surface area contributed by atoms with Gasteiger partial charge in [-0.05, 0) is 107 Å². The Morgan fingerprint density at radius 1 is 0.435 bits per heavy atom. The minimum atomic E-state index is -0.107. The van der Waals surface area contributed by atoms with Gasteiger partial charge in [-0.1, -0.05) is 53.7 Å². The van der Waals surface area contributed by atoms with Crippen molar-refractivity contribution in [3.8, 4) is 57.4 Å². The first-order chi connectivity index (χ1) is 29.8. The van der Waals surface area contributed by atoms with Crippen molar-refractivity contribution in [3.05, 3.63) is 158 Å². The van der Waals surface area contributed by atoms with Gasteiger partial charge in [-0.25, -0.2) is 19.9 Å². The lowest BCUT2D eigenvalue weighted by atomic mass is 9.86. The summed E-state index contributed by atoms with van der Waals surface area (Å²) in [5.41, 5.74) is 8.01. The molecular formula is C52H48N8O2. The summed E-state index contributed by atoms with van der Waals surface area (Å²) in [6.45, 7) is 13.3. The molecule has 0 aliphatic rings. The Bertz CT molecular complexity index is 3060. The molecule has 10 heteroatoms. The van der Waals surface area contributed by atoms with Crippen LogP contribution >= 0.6 is 0 Å². The molecule has 0 N–H and O–H groups in total. The van der Waals surface area contributed by atoms with E-state index >= 15 is 0 Å². The number of aromatic nitrogens is 8. The van der Waals surface area contributed by atoms with E-state index in [9.17, 15) is 0 Å². The molecule has 10 aromatic rings. The lowest BCUT2D eigenvalue weighted by Gasteiger charge is -2.21. The third-order valence-corrected chi connectivity index (χ3v) is 11.5. The number of benzene rings is 4. The molecule has 0 saturated carbocycles. The number of rotatable bonds is 8. The molecule has 10 rings (SSSR count). The van der Waals surface area contributed by atoms with Crippen LogP contribution in [0.4, 0.5) is 0 Å². The fourth-order valence-corrected chi connectivity index (χ4v) is 8.32. The van der Waals surface area contributed by atoms with E-state index in [1.165, 1.54) is 0 Å². The third-order valence-electron chi connectivity index (χ3n) is 11.5. The van der Waals surface area contributed by atoms with E-state index in [1.54, 1.807) is 0 Å². The van der Waals surface area contributed by atoms with Crippen LogP contribution in [0.3, 0.4) is 0 Å². The molecule has 0 spiro atoms. The van der Waals surface area contributed by atoms with Gasteiger partial charge in [0.1, 0.15) is 46.3 Å². The van der Waals surface area contributed by atoms with E-state index < -0.39 is 0 Å². The summed E-state index contributed by atoms with van der Waals surface area (Å²) in [5.74, 6) is 6.24. The number of hydrogen-bond acceptors (Lipinski definition) is 6. The zero-order valence-electron chi connectivity index (χ0n) is 36.3. The Morgan fingerprint density at radius 3 is 1.23 bits per heavy atom. The number of nitrogens with zero attached hydrogens (tertiary/aromatic N) is 8. The van der Waals surface area contributed by atoms with Gasteiger partial charge in [0.15, 0.2) is 0 Å². The summed E-state index contributed by atoms with van der Waals surface area (Å²) in [6, 6.07) is 37.4. The van der Waals surface area contributed by atoms with Gasteiger partial charge in [0, 0.05) is 85.3 Å². The van der Waals surface area contributed by atoms with E-state index in [-0.39, 0.29) is 10.8 Å². The predicted octanol–water partition coefficient (Wildman–Crippen LogP) is 12.5. The number of pyridine rings is 2. The lowest BCUT2D eigenvalue weighted by molar-refractivity contribution is 0.479. The third kappa shape index (κ3) is 6.87. The molecule has 0 unspecified atom stereocenters. The van der Waals surface area contributed by atoms with Gasteiger partial charge >= 0.3 is 0 Å². The second-order valence-corrected chi connectivity index (χ2v) is 18.0. The van der Waals surface area contributed by atoms with E-state index in [0.29, 0.717) is 11.5 Å². The summed E-state index contributed by atoms with van der Waals surface area (Å²) in [4.78, 5) is 19.1. The zero-order chi connectivity index (χ0) is 42.9. The van der Waals surface area contributed by atoms with Gasteiger partial charge in [0.05, 0.1) is 22.1 Å². The van der Waals surface area contributed by atoms with Gasteiger partial charge < -0.3 is 18.6 Å². The number of fused-ring (bicyclic) bond motifs is 5. The van der Waals surface area contributed by atoms with Crippen LogP contribution < -0.4 is 9.47 Å². The van der Waals surface area contributed by atoms with Crippen LogP contribution in [0, 0.1) is 0 Å². The molecule has 6 aromatic heterocycles. The first-order valence-electron chi connectivity index (χ1n) is 20.9. The van der Waals surface area contributed by atoms with Crippen molar-refractivity contribution in [3.63, 3.8) is 0 Å². The fraction of sp³-hybridized carbons (Fsp3) is 0.192. The van der Waals surface area contributed by atoms with Crippen LogP contribution in [0.25, 0.3) is 67.3 Å². The van der Waals surface area contributed by atoms with E-state index in [2.05, 4.69) is 121 Å². The molecule has 10 nitrogen and oxygen atoms in total. The Morgan fingerprint density at radius 2 is 0.871 bits per heavy atom. The average Bonchev–Trinajstić information content (AvgIpc) is 4.03. The first kappa shape index (κ1) is 38.7. The van der Waals surface area contributed by atoms with Crippen molar-refractivity contribution in [2.24, 2.45) is 14.1 Å². The molecule has 62 heavy (non-hydrogen) atoms. The van der Waals surface area contributed by atoms with Crippen molar-refractivity contribution in [2.75, 3.05) is 0 Å². The summed E-state index contributed by atoms with van der Waals surface area (Å²) in [5, 5.41) is 2.05. The fourth-order valence-electron chi connectivity index (χ4n) is 8.32. The lowest BCUT2D eigenvalue weighted by Crippen LogP contribution is -2.11. The number of hydrogen-bond donors (Lipinski definition) is 0. The van der Waals surface area contributed by atoms with Crippen LogP contribution in [-0.2, 0) is 24.9 Å². The topological polar surface area (TPSA) is 89.7 Å².